The van der Waals surface area contributed by atoms with Crippen molar-refractivity contribution in [2.45, 2.75) is 90.6 Å². The van der Waals surface area contributed by atoms with E-state index in [0.29, 0.717) is 13.0 Å². The molecule has 4 heterocycles. The summed E-state index contributed by atoms with van der Waals surface area (Å²) in [6.45, 7) is 12.5. The lowest BCUT2D eigenvalue weighted by Crippen LogP contribution is -2.51. The van der Waals surface area contributed by atoms with E-state index in [1.807, 2.05) is 52.8 Å². The van der Waals surface area contributed by atoms with Gasteiger partial charge in [-0.1, -0.05) is 6.07 Å². The van der Waals surface area contributed by atoms with Gasteiger partial charge < -0.3 is 10.1 Å². The molecule has 0 saturated heterocycles. The highest BCUT2D eigenvalue weighted by molar-refractivity contribution is 5.77. The molecule has 2 aliphatic rings. The van der Waals surface area contributed by atoms with Crippen molar-refractivity contribution in [3.63, 3.8) is 0 Å². The van der Waals surface area contributed by atoms with Crippen molar-refractivity contribution in [1.29, 1.82) is 0 Å². The zero-order valence-corrected chi connectivity index (χ0v) is 26.0. The Hall–Kier alpha value is -4.35. The number of aromatic nitrogens is 5. The number of nitrogens with zero attached hydrogens (tertiary/aromatic N) is 6. The zero-order valence-electron chi connectivity index (χ0n) is 26.0. The molecule has 1 fully saturated rings. The second kappa shape index (κ2) is 10.1. The third-order valence-electron chi connectivity index (χ3n) is 8.04. The fraction of sp³-hybridized carbons (Fsp3) is 0.469. The van der Waals surface area contributed by atoms with E-state index in [9.17, 15) is 18.4 Å². The maximum absolute atomic E-state index is 14.8. The minimum Gasteiger partial charge on any atom is -0.444 e. The molecule has 1 aliphatic carbocycles. The zero-order chi connectivity index (χ0) is 31.8. The highest BCUT2D eigenvalue weighted by Gasteiger charge is 2.40. The summed E-state index contributed by atoms with van der Waals surface area (Å²) in [6.07, 6.45) is 3.36. The Morgan fingerprint density at radius 1 is 1.09 bits per heavy atom. The van der Waals surface area contributed by atoms with Gasteiger partial charge in [0, 0.05) is 18.4 Å². The minimum absolute atomic E-state index is 0.0638. The second-order valence-corrected chi connectivity index (χ2v) is 13.5. The third kappa shape index (κ3) is 5.30. The molecule has 10 nitrogen and oxygen atoms in total. The van der Waals surface area contributed by atoms with Gasteiger partial charge in [0.1, 0.15) is 28.2 Å². The number of amides is 1. The van der Waals surface area contributed by atoms with Crippen molar-refractivity contribution in [3.8, 4) is 5.82 Å². The molecule has 0 unspecified atom stereocenters. The molecule has 4 aromatic rings. The normalized spacial score (nSPS) is 16.6. The lowest BCUT2D eigenvalue weighted by atomic mass is 9.83. The minimum atomic E-state index is -2.03. The molecule has 12 heteroatoms. The number of halogens is 2. The van der Waals surface area contributed by atoms with Crippen LogP contribution in [0.1, 0.15) is 84.2 Å². The van der Waals surface area contributed by atoms with E-state index in [1.165, 1.54) is 30.8 Å². The van der Waals surface area contributed by atoms with Gasteiger partial charge in [0.25, 0.3) is 5.56 Å². The van der Waals surface area contributed by atoms with Gasteiger partial charge in [0.05, 0.1) is 11.6 Å². The molecule has 0 spiro atoms. The fourth-order valence-electron chi connectivity index (χ4n) is 5.79. The van der Waals surface area contributed by atoms with Gasteiger partial charge in [-0.3, -0.25) is 9.69 Å². The maximum Gasteiger partial charge on any atom is 0.411 e. The van der Waals surface area contributed by atoms with Crippen LogP contribution in [0.5, 0.6) is 0 Å². The molecule has 6 rings (SSSR count). The van der Waals surface area contributed by atoms with E-state index in [0.717, 1.165) is 35.7 Å². The van der Waals surface area contributed by atoms with Crippen LogP contribution >= 0.6 is 0 Å². The number of fused-ring (bicyclic) bond motifs is 2. The molecule has 1 N–H and O–H groups in total. The Labute approximate surface area is 254 Å². The second-order valence-electron chi connectivity index (χ2n) is 13.5. The van der Waals surface area contributed by atoms with Crippen molar-refractivity contribution >= 4 is 28.8 Å². The Morgan fingerprint density at radius 3 is 2.48 bits per heavy atom. The standard InChI is InChI=1S/C32H37F2N7O3/c1-30(2,3)44-29(43)39-15-14-18-16-19(8-11-22(18)32(39,6)7)36-28-35-17-21-26(38-28)41(40(27(21)42)20-9-10-20)24-13-12-23(33)25(37-24)31(4,5)34/h8,11-13,16-17,20H,9-10,14-15H2,1-7H3,(H,35,36,38). The van der Waals surface area contributed by atoms with E-state index in [2.05, 4.69) is 20.3 Å². The summed E-state index contributed by atoms with van der Waals surface area (Å²) < 4.78 is 38.1. The molecule has 0 radical (unpaired) electrons. The topological polar surface area (TPSA) is 107 Å². The van der Waals surface area contributed by atoms with Crippen molar-refractivity contribution in [2.24, 2.45) is 0 Å². The van der Waals surface area contributed by atoms with Gasteiger partial charge in [0.15, 0.2) is 11.5 Å². The predicted molar refractivity (Wildman–Crippen MR) is 163 cm³/mol. The number of pyridine rings is 1. The fourth-order valence-corrected chi connectivity index (χ4v) is 5.79. The Balaban J connectivity index is 1.36. The van der Waals surface area contributed by atoms with E-state index in [1.54, 1.807) is 9.58 Å². The first kappa shape index (κ1) is 29.7. The van der Waals surface area contributed by atoms with E-state index in [-0.39, 0.29) is 46.2 Å². The van der Waals surface area contributed by atoms with Crippen LogP contribution in [0.3, 0.4) is 0 Å². The first-order chi connectivity index (χ1) is 20.5. The summed E-state index contributed by atoms with van der Waals surface area (Å²) in [6, 6.07) is 8.40. The lowest BCUT2D eigenvalue weighted by Gasteiger charge is -2.44. The van der Waals surface area contributed by atoms with Crippen LogP contribution in [0, 0.1) is 5.82 Å². The van der Waals surface area contributed by atoms with E-state index >= 15 is 0 Å². The van der Waals surface area contributed by atoms with Gasteiger partial charge in [-0.25, -0.2) is 32.9 Å². The molecule has 1 amide bonds. The third-order valence-corrected chi connectivity index (χ3v) is 8.04. The number of hydrogen-bond donors (Lipinski definition) is 1. The molecule has 44 heavy (non-hydrogen) atoms. The van der Waals surface area contributed by atoms with Crippen molar-refractivity contribution in [1.82, 2.24) is 29.2 Å². The first-order valence-corrected chi connectivity index (χ1v) is 14.8. The summed E-state index contributed by atoms with van der Waals surface area (Å²) in [7, 11) is 0. The van der Waals surface area contributed by atoms with Crippen molar-refractivity contribution in [3.05, 3.63) is 69.5 Å². The average Bonchev–Trinajstić information content (AvgIpc) is 3.71. The number of alkyl halides is 1. The van der Waals surface area contributed by atoms with Crippen molar-refractivity contribution in [2.75, 3.05) is 11.9 Å². The molecule has 3 aromatic heterocycles. The SMILES string of the molecule is CC(C)(C)OC(=O)N1CCc2cc(Nc3ncc4c(=O)n(C5CC5)n(-c5ccc(F)c(C(C)(C)F)n5)c4n3)ccc2C1(C)C. The van der Waals surface area contributed by atoms with Gasteiger partial charge in [0.2, 0.25) is 5.95 Å². The van der Waals surface area contributed by atoms with Crippen LogP contribution in [0.15, 0.2) is 41.3 Å². The molecule has 1 saturated carbocycles. The number of benzene rings is 1. The van der Waals surface area contributed by atoms with E-state index in [4.69, 9.17) is 4.74 Å². The lowest BCUT2D eigenvalue weighted by molar-refractivity contribution is -0.000304. The molecule has 1 aliphatic heterocycles. The first-order valence-electron chi connectivity index (χ1n) is 14.8. The van der Waals surface area contributed by atoms with Crippen molar-refractivity contribution < 1.29 is 18.3 Å². The number of carbonyl (C=O) groups excluding carboxylic acids is 1. The molecular formula is C32H37F2N7O3. The van der Waals surface area contributed by atoms with Crippen LogP contribution in [-0.2, 0) is 22.4 Å². The molecule has 0 atom stereocenters. The number of anilines is 2. The summed E-state index contributed by atoms with van der Waals surface area (Å²) >= 11 is 0. The predicted octanol–water partition coefficient (Wildman–Crippen LogP) is 6.43. The molecule has 232 valence electrons. The summed E-state index contributed by atoms with van der Waals surface area (Å²) in [5.41, 5.74) is -0.717. The monoisotopic (exact) mass is 605 g/mol. The molecular weight excluding hydrogens is 568 g/mol. The van der Waals surface area contributed by atoms with Crippen LogP contribution in [0.4, 0.5) is 25.2 Å². The molecule has 1 aromatic carbocycles. The Bertz CT molecular complexity index is 1850. The highest BCUT2D eigenvalue weighted by Crippen LogP contribution is 2.38. The molecule has 0 bridgehead atoms. The number of carbonyl (C=O) groups is 1. The summed E-state index contributed by atoms with van der Waals surface area (Å²) in [4.78, 5) is 41.5. The highest BCUT2D eigenvalue weighted by atomic mass is 19.1. The van der Waals surface area contributed by atoms with Crippen LogP contribution in [0.25, 0.3) is 16.9 Å². The Kier molecular flexibility index (Phi) is 6.82. The largest absolute Gasteiger partial charge is 0.444 e. The maximum atomic E-state index is 14.8. The van der Waals surface area contributed by atoms with Gasteiger partial charge in [-0.2, -0.15) is 4.98 Å². The Morgan fingerprint density at radius 2 is 1.82 bits per heavy atom. The number of hydrogen-bond acceptors (Lipinski definition) is 7. The number of ether oxygens (including phenoxy) is 1. The number of nitrogens with one attached hydrogen (secondary N) is 1. The smallest absolute Gasteiger partial charge is 0.411 e. The van der Waals surface area contributed by atoms with Crippen LogP contribution in [0.2, 0.25) is 0 Å². The average molecular weight is 606 g/mol. The van der Waals surface area contributed by atoms with Gasteiger partial charge in [-0.15, -0.1) is 0 Å². The van der Waals surface area contributed by atoms with E-state index < -0.39 is 22.6 Å². The van der Waals surface area contributed by atoms with Gasteiger partial charge >= 0.3 is 6.09 Å². The van der Waals surface area contributed by atoms with Crippen LogP contribution < -0.4 is 10.9 Å². The number of rotatable bonds is 5. The van der Waals surface area contributed by atoms with Gasteiger partial charge in [-0.05, 0) is 103 Å². The van der Waals surface area contributed by atoms with Crippen LogP contribution in [-0.4, -0.2) is 47.5 Å². The summed E-state index contributed by atoms with van der Waals surface area (Å²) in [5, 5.41) is 3.52. The quantitative estimate of drug-likeness (QED) is 0.279. The summed E-state index contributed by atoms with van der Waals surface area (Å²) in [5.74, 6) is -0.320.